The molecule has 3 aliphatic rings. The molecule has 130 valence electrons. The van der Waals surface area contributed by atoms with E-state index in [1.807, 2.05) is 60.7 Å². The number of ether oxygens (including phenoxy) is 1. The third-order valence-corrected chi connectivity index (χ3v) is 5.32. The zero-order valence-electron chi connectivity index (χ0n) is 14.3. The molecule has 0 radical (unpaired) electrons. The largest absolute Gasteiger partial charge is 0.459 e. The number of hydrogen-bond acceptors (Lipinski definition) is 4. The van der Waals surface area contributed by atoms with Crippen molar-refractivity contribution in [1.82, 2.24) is 4.90 Å². The molecule has 5 rings (SSSR count). The first-order chi connectivity index (χ1) is 12.3. The molecule has 3 heterocycles. The summed E-state index contributed by atoms with van der Waals surface area (Å²) in [7, 11) is 0. The Kier molecular flexibility index (Phi) is 4.70. The molecule has 25 heavy (non-hydrogen) atoms. The number of hydrogen-bond donors (Lipinski definition) is 1. The van der Waals surface area contributed by atoms with Gasteiger partial charge in [0, 0.05) is 12.2 Å². The summed E-state index contributed by atoms with van der Waals surface area (Å²) >= 11 is 0. The van der Waals surface area contributed by atoms with Crippen LogP contribution in [0.4, 0.5) is 5.69 Å². The molecular formula is C21H24N2O2. The van der Waals surface area contributed by atoms with Gasteiger partial charge in [0.05, 0.1) is 0 Å². The number of rotatable bonds is 5. The second-order valence-corrected chi connectivity index (χ2v) is 6.97. The molecule has 3 fully saturated rings. The summed E-state index contributed by atoms with van der Waals surface area (Å²) in [5, 5.41) is 3.34. The lowest BCUT2D eigenvalue weighted by Gasteiger charge is -2.44. The van der Waals surface area contributed by atoms with Crippen molar-refractivity contribution in [2.24, 2.45) is 5.92 Å². The lowest BCUT2D eigenvalue weighted by molar-refractivity contribution is -0.159. The van der Waals surface area contributed by atoms with Gasteiger partial charge in [-0.3, -0.25) is 4.90 Å². The minimum atomic E-state index is -0.487. The first kappa shape index (κ1) is 16.2. The SMILES string of the molecule is O=C(O[C@@H]1CN2CCC1CC2)C(Nc1ccccc1)c1ccccc1. The van der Waals surface area contributed by atoms with E-state index in [2.05, 4.69) is 10.2 Å². The summed E-state index contributed by atoms with van der Waals surface area (Å²) in [4.78, 5) is 15.4. The Hall–Kier alpha value is -2.33. The fourth-order valence-corrected chi connectivity index (χ4v) is 3.89. The normalized spacial score (nSPS) is 26.0. The van der Waals surface area contributed by atoms with E-state index in [1.54, 1.807) is 0 Å². The highest BCUT2D eigenvalue weighted by Crippen LogP contribution is 2.31. The number of nitrogens with zero attached hydrogens (tertiary/aromatic N) is 1. The van der Waals surface area contributed by atoms with Crippen LogP contribution in [0.5, 0.6) is 0 Å². The van der Waals surface area contributed by atoms with Gasteiger partial charge in [-0.2, -0.15) is 0 Å². The Morgan fingerprint density at radius 1 is 1.00 bits per heavy atom. The number of para-hydroxylation sites is 1. The van der Waals surface area contributed by atoms with Crippen LogP contribution < -0.4 is 5.32 Å². The quantitative estimate of drug-likeness (QED) is 0.849. The molecule has 1 unspecified atom stereocenters. The zero-order valence-corrected chi connectivity index (χ0v) is 14.3. The highest BCUT2D eigenvalue weighted by molar-refractivity contribution is 5.81. The summed E-state index contributed by atoms with van der Waals surface area (Å²) in [5.74, 6) is 0.330. The first-order valence-corrected chi connectivity index (χ1v) is 9.09. The van der Waals surface area contributed by atoms with Gasteiger partial charge in [0.1, 0.15) is 6.10 Å². The highest BCUT2D eigenvalue weighted by Gasteiger charge is 2.37. The van der Waals surface area contributed by atoms with Crippen LogP contribution in [0.2, 0.25) is 0 Å². The molecule has 0 saturated carbocycles. The molecule has 0 aliphatic carbocycles. The van der Waals surface area contributed by atoms with E-state index in [1.165, 1.54) is 0 Å². The Bertz CT molecular complexity index is 696. The molecule has 0 amide bonds. The van der Waals surface area contributed by atoms with E-state index in [-0.39, 0.29) is 12.1 Å². The lowest BCUT2D eigenvalue weighted by Crippen LogP contribution is -2.52. The van der Waals surface area contributed by atoms with Crippen LogP contribution >= 0.6 is 0 Å². The van der Waals surface area contributed by atoms with Gasteiger partial charge in [-0.15, -0.1) is 0 Å². The zero-order chi connectivity index (χ0) is 17.1. The van der Waals surface area contributed by atoms with Crippen molar-refractivity contribution in [2.75, 3.05) is 25.0 Å². The molecule has 0 spiro atoms. The van der Waals surface area contributed by atoms with Crippen molar-refractivity contribution < 1.29 is 9.53 Å². The monoisotopic (exact) mass is 336 g/mol. The molecule has 3 aliphatic heterocycles. The number of esters is 1. The summed E-state index contributed by atoms with van der Waals surface area (Å²) in [6.45, 7) is 3.16. The van der Waals surface area contributed by atoms with Crippen LogP contribution in [0.25, 0.3) is 0 Å². The van der Waals surface area contributed by atoms with Gasteiger partial charge in [0.2, 0.25) is 0 Å². The number of nitrogens with one attached hydrogen (secondary N) is 1. The minimum absolute atomic E-state index is 0.0267. The summed E-state index contributed by atoms with van der Waals surface area (Å²) in [6.07, 6.45) is 2.30. The molecule has 2 atom stereocenters. The number of anilines is 1. The van der Waals surface area contributed by atoms with Gasteiger partial charge in [-0.1, -0.05) is 48.5 Å². The van der Waals surface area contributed by atoms with Gasteiger partial charge in [0.15, 0.2) is 6.04 Å². The van der Waals surface area contributed by atoms with Crippen molar-refractivity contribution in [3.63, 3.8) is 0 Å². The second-order valence-electron chi connectivity index (χ2n) is 6.97. The van der Waals surface area contributed by atoms with E-state index >= 15 is 0 Å². The third-order valence-electron chi connectivity index (χ3n) is 5.32. The number of carbonyl (C=O) groups excluding carboxylic acids is 1. The molecule has 4 heteroatoms. The van der Waals surface area contributed by atoms with Gasteiger partial charge >= 0.3 is 5.97 Å². The van der Waals surface area contributed by atoms with Gasteiger partial charge in [0.25, 0.3) is 0 Å². The number of benzene rings is 2. The van der Waals surface area contributed by atoms with Crippen LogP contribution in [0.1, 0.15) is 24.4 Å². The average Bonchev–Trinajstić information content (AvgIpc) is 2.68. The molecule has 4 nitrogen and oxygen atoms in total. The number of carbonyl (C=O) groups is 1. The smallest absolute Gasteiger partial charge is 0.333 e. The Morgan fingerprint density at radius 2 is 1.64 bits per heavy atom. The molecule has 2 bridgehead atoms. The van der Waals surface area contributed by atoms with Crippen molar-refractivity contribution in [1.29, 1.82) is 0 Å². The third kappa shape index (κ3) is 3.69. The fourth-order valence-electron chi connectivity index (χ4n) is 3.89. The predicted molar refractivity (Wildman–Crippen MR) is 98.3 cm³/mol. The van der Waals surface area contributed by atoms with E-state index in [0.717, 1.165) is 43.7 Å². The standard InChI is InChI=1S/C21H24N2O2/c24-21(25-19-15-23-13-11-16(19)12-14-23)20(17-7-3-1-4-8-17)22-18-9-5-2-6-10-18/h1-10,16,19-20,22H,11-15H2/t19-,20?/m1/s1. The van der Waals surface area contributed by atoms with Crippen LogP contribution in [0.3, 0.4) is 0 Å². The molecule has 0 aromatic heterocycles. The van der Waals surface area contributed by atoms with E-state index in [9.17, 15) is 4.79 Å². The van der Waals surface area contributed by atoms with Crippen molar-refractivity contribution in [3.8, 4) is 0 Å². The van der Waals surface area contributed by atoms with Gasteiger partial charge < -0.3 is 10.1 Å². The molecule has 1 N–H and O–H groups in total. The predicted octanol–water partition coefficient (Wildman–Crippen LogP) is 3.48. The summed E-state index contributed by atoms with van der Waals surface area (Å²) in [5.41, 5.74) is 1.85. The Balaban J connectivity index is 1.52. The van der Waals surface area contributed by atoms with Crippen molar-refractivity contribution >= 4 is 11.7 Å². The van der Waals surface area contributed by atoms with Gasteiger partial charge in [-0.05, 0) is 49.5 Å². The van der Waals surface area contributed by atoms with Crippen LogP contribution in [0.15, 0.2) is 60.7 Å². The number of fused-ring (bicyclic) bond motifs is 3. The van der Waals surface area contributed by atoms with Crippen molar-refractivity contribution in [3.05, 3.63) is 66.2 Å². The maximum atomic E-state index is 13.0. The van der Waals surface area contributed by atoms with E-state index in [0.29, 0.717) is 5.92 Å². The summed E-state index contributed by atoms with van der Waals surface area (Å²) < 4.78 is 5.97. The molecule has 3 saturated heterocycles. The Morgan fingerprint density at radius 3 is 2.24 bits per heavy atom. The minimum Gasteiger partial charge on any atom is -0.459 e. The maximum Gasteiger partial charge on any atom is 0.333 e. The topological polar surface area (TPSA) is 41.6 Å². The number of piperidine rings is 3. The molecule has 2 aromatic carbocycles. The van der Waals surface area contributed by atoms with E-state index < -0.39 is 6.04 Å². The fraction of sp³-hybridized carbons (Fsp3) is 0.381. The van der Waals surface area contributed by atoms with Crippen LogP contribution in [0, 0.1) is 5.92 Å². The second kappa shape index (κ2) is 7.28. The van der Waals surface area contributed by atoms with E-state index in [4.69, 9.17) is 4.74 Å². The summed E-state index contributed by atoms with van der Waals surface area (Å²) in [6, 6.07) is 19.2. The molecule has 2 aromatic rings. The maximum absolute atomic E-state index is 13.0. The van der Waals surface area contributed by atoms with Crippen LogP contribution in [-0.4, -0.2) is 36.6 Å². The average molecular weight is 336 g/mol. The Labute approximate surface area is 148 Å². The highest BCUT2D eigenvalue weighted by atomic mass is 16.5. The first-order valence-electron chi connectivity index (χ1n) is 9.09. The molecular weight excluding hydrogens is 312 g/mol. The van der Waals surface area contributed by atoms with Crippen molar-refractivity contribution in [2.45, 2.75) is 25.0 Å². The van der Waals surface area contributed by atoms with Gasteiger partial charge in [-0.25, -0.2) is 4.79 Å². The van der Waals surface area contributed by atoms with Crippen LogP contribution in [-0.2, 0) is 9.53 Å². The lowest BCUT2D eigenvalue weighted by atomic mass is 9.86.